The van der Waals surface area contributed by atoms with Gasteiger partial charge in [0.2, 0.25) is 0 Å². The number of aliphatic hydroxyl groups excluding tert-OH is 1. The molecule has 1 aromatic heterocycles. The molecule has 1 heterocycles. The lowest BCUT2D eigenvalue weighted by molar-refractivity contribution is 0.144. The SMILES string of the molecule is CCC(N)C(O)c1ccc2nc(C)ccc2c1. The van der Waals surface area contributed by atoms with E-state index >= 15 is 0 Å². The van der Waals surface area contributed by atoms with Crippen LogP contribution in [-0.2, 0) is 0 Å². The average Bonchev–Trinajstić information content (AvgIpc) is 2.36. The largest absolute Gasteiger partial charge is 0.387 e. The van der Waals surface area contributed by atoms with Gasteiger partial charge >= 0.3 is 0 Å². The van der Waals surface area contributed by atoms with E-state index in [1.807, 2.05) is 44.2 Å². The smallest absolute Gasteiger partial charge is 0.0940 e. The van der Waals surface area contributed by atoms with Gasteiger partial charge in [-0.15, -0.1) is 0 Å². The van der Waals surface area contributed by atoms with Gasteiger partial charge in [0.25, 0.3) is 0 Å². The molecule has 17 heavy (non-hydrogen) atoms. The minimum Gasteiger partial charge on any atom is -0.387 e. The second-order valence-corrected chi connectivity index (χ2v) is 4.42. The molecule has 3 N–H and O–H groups in total. The number of fused-ring (bicyclic) bond motifs is 1. The van der Waals surface area contributed by atoms with Crippen LogP contribution in [0.5, 0.6) is 0 Å². The normalized spacial score (nSPS) is 14.8. The number of hydrogen-bond donors (Lipinski definition) is 2. The van der Waals surface area contributed by atoms with Crippen LogP contribution in [0.2, 0.25) is 0 Å². The molecule has 0 saturated carbocycles. The van der Waals surface area contributed by atoms with Crippen molar-refractivity contribution < 1.29 is 5.11 Å². The third-order valence-corrected chi connectivity index (χ3v) is 3.07. The summed E-state index contributed by atoms with van der Waals surface area (Å²) >= 11 is 0. The molecule has 90 valence electrons. The summed E-state index contributed by atoms with van der Waals surface area (Å²) in [6.45, 7) is 3.94. The number of pyridine rings is 1. The fourth-order valence-electron chi connectivity index (χ4n) is 1.90. The summed E-state index contributed by atoms with van der Waals surface area (Å²) in [4.78, 5) is 4.43. The fourth-order valence-corrected chi connectivity index (χ4v) is 1.90. The van der Waals surface area contributed by atoms with Crippen molar-refractivity contribution in [3.63, 3.8) is 0 Å². The summed E-state index contributed by atoms with van der Waals surface area (Å²) in [7, 11) is 0. The second kappa shape index (κ2) is 4.82. The molecule has 0 fully saturated rings. The summed E-state index contributed by atoms with van der Waals surface area (Å²) < 4.78 is 0. The van der Waals surface area contributed by atoms with E-state index in [-0.39, 0.29) is 6.04 Å². The molecule has 0 radical (unpaired) electrons. The first-order valence-corrected chi connectivity index (χ1v) is 5.92. The first-order chi connectivity index (χ1) is 8.11. The van der Waals surface area contributed by atoms with E-state index in [9.17, 15) is 5.11 Å². The van der Waals surface area contributed by atoms with Crippen LogP contribution in [0.4, 0.5) is 0 Å². The topological polar surface area (TPSA) is 59.1 Å². The van der Waals surface area contributed by atoms with Crippen molar-refractivity contribution in [2.24, 2.45) is 5.73 Å². The van der Waals surface area contributed by atoms with Crippen LogP contribution in [0, 0.1) is 6.92 Å². The molecular formula is C14H18N2O. The van der Waals surface area contributed by atoms with E-state index in [2.05, 4.69) is 4.98 Å². The molecule has 3 heteroatoms. The monoisotopic (exact) mass is 230 g/mol. The zero-order valence-electron chi connectivity index (χ0n) is 10.2. The predicted molar refractivity (Wildman–Crippen MR) is 69.7 cm³/mol. The van der Waals surface area contributed by atoms with Crippen LogP contribution in [-0.4, -0.2) is 16.1 Å². The lowest BCUT2D eigenvalue weighted by atomic mass is 9.99. The predicted octanol–water partition coefficient (Wildman–Crippen LogP) is 2.31. The highest BCUT2D eigenvalue weighted by Gasteiger charge is 2.15. The molecule has 2 aromatic rings. The summed E-state index contributed by atoms with van der Waals surface area (Å²) in [5, 5.41) is 11.1. The third-order valence-electron chi connectivity index (χ3n) is 3.07. The number of nitrogens with two attached hydrogens (primary N) is 1. The van der Waals surface area contributed by atoms with Gasteiger partial charge in [-0.3, -0.25) is 4.98 Å². The molecule has 2 atom stereocenters. The van der Waals surface area contributed by atoms with Crippen LogP contribution < -0.4 is 5.73 Å². The van der Waals surface area contributed by atoms with Crippen LogP contribution in [0.25, 0.3) is 10.9 Å². The lowest BCUT2D eigenvalue weighted by Gasteiger charge is -2.17. The van der Waals surface area contributed by atoms with Gasteiger partial charge in [-0.25, -0.2) is 0 Å². The molecule has 3 nitrogen and oxygen atoms in total. The van der Waals surface area contributed by atoms with Crippen molar-refractivity contribution in [2.75, 3.05) is 0 Å². The summed E-state index contributed by atoms with van der Waals surface area (Å²) in [6.07, 6.45) is 0.149. The average molecular weight is 230 g/mol. The van der Waals surface area contributed by atoms with E-state index < -0.39 is 6.10 Å². The van der Waals surface area contributed by atoms with E-state index in [1.54, 1.807) is 0 Å². The molecule has 0 aliphatic heterocycles. The summed E-state index contributed by atoms with van der Waals surface area (Å²) in [6, 6.07) is 9.56. The van der Waals surface area contributed by atoms with Gasteiger partial charge in [-0.1, -0.05) is 19.1 Å². The van der Waals surface area contributed by atoms with Crippen molar-refractivity contribution in [1.82, 2.24) is 4.98 Å². The second-order valence-electron chi connectivity index (χ2n) is 4.42. The van der Waals surface area contributed by atoms with Gasteiger partial charge in [0, 0.05) is 17.1 Å². The Labute approximate surface area is 101 Å². The van der Waals surface area contributed by atoms with Gasteiger partial charge < -0.3 is 10.8 Å². The third kappa shape index (κ3) is 2.46. The number of benzene rings is 1. The zero-order chi connectivity index (χ0) is 12.4. The van der Waals surface area contributed by atoms with Crippen LogP contribution in [0.15, 0.2) is 30.3 Å². The van der Waals surface area contributed by atoms with E-state index in [0.29, 0.717) is 0 Å². The van der Waals surface area contributed by atoms with E-state index in [0.717, 1.165) is 28.6 Å². The highest BCUT2D eigenvalue weighted by atomic mass is 16.3. The highest BCUT2D eigenvalue weighted by molar-refractivity contribution is 5.79. The van der Waals surface area contributed by atoms with Gasteiger partial charge in [0.1, 0.15) is 0 Å². The number of hydrogen-bond acceptors (Lipinski definition) is 3. The molecule has 0 amide bonds. The first kappa shape index (κ1) is 12.0. The van der Waals surface area contributed by atoms with Crippen molar-refractivity contribution in [3.05, 3.63) is 41.6 Å². The lowest BCUT2D eigenvalue weighted by Crippen LogP contribution is -2.27. The van der Waals surface area contributed by atoms with Gasteiger partial charge in [-0.05, 0) is 37.1 Å². The maximum Gasteiger partial charge on any atom is 0.0940 e. The van der Waals surface area contributed by atoms with Gasteiger partial charge in [-0.2, -0.15) is 0 Å². The Hall–Kier alpha value is -1.45. The quantitative estimate of drug-likeness (QED) is 0.850. The Kier molecular flexibility index (Phi) is 3.41. The standard InChI is InChI=1S/C14H18N2O/c1-3-12(15)14(17)11-6-7-13-10(8-11)5-4-9(2)16-13/h4-8,12,14,17H,3,15H2,1-2H3. The van der Waals surface area contributed by atoms with Crippen molar-refractivity contribution in [3.8, 4) is 0 Å². The Morgan fingerprint density at radius 1 is 1.29 bits per heavy atom. The highest BCUT2D eigenvalue weighted by Crippen LogP contribution is 2.22. The minimum absolute atomic E-state index is 0.217. The molecule has 0 spiro atoms. The molecule has 1 aromatic carbocycles. The van der Waals surface area contributed by atoms with Crippen LogP contribution >= 0.6 is 0 Å². The Morgan fingerprint density at radius 3 is 2.76 bits per heavy atom. The van der Waals surface area contributed by atoms with E-state index in [1.165, 1.54) is 0 Å². The van der Waals surface area contributed by atoms with Gasteiger partial charge in [0.05, 0.1) is 11.6 Å². The Bertz CT molecular complexity index is 525. The minimum atomic E-state index is -0.606. The van der Waals surface area contributed by atoms with Crippen molar-refractivity contribution >= 4 is 10.9 Å². The van der Waals surface area contributed by atoms with Crippen LogP contribution in [0.3, 0.4) is 0 Å². The fraction of sp³-hybridized carbons (Fsp3) is 0.357. The van der Waals surface area contributed by atoms with Crippen molar-refractivity contribution in [2.45, 2.75) is 32.4 Å². The maximum atomic E-state index is 10.1. The Balaban J connectivity index is 2.41. The molecule has 0 aliphatic rings. The molecule has 0 aliphatic carbocycles. The summed E-state index contributed by atoms with van der Waals surface area (Å²) in [5.74, 6) is 0. The number of aromatic nitrogens is 1. The molecule has 2 rings (SSSR count). The first-order valence-electron chi connectivity index (χ1n) is 5.92. The van der Waals surface area contributed by atoms with Crippen LogP contribution in [0.1, 0.15) is 30.7 Å². The number of aliphatic hydroxyl groups is 1. The number of rotatable bonds is 3. The summed E-state index contributed by atoms with van der Waals surface area (Å²) in [5.41, 5.74) is 8.66. The van der Waals surface area contributed by atoms with Gasteiger partial charge in [0.15, 0.2) is 0 Å². The molecule has 2 unspecified atom stereocenters. The van der Waals surface area contributed by atoms with E-state index in [4.69, 9.17) is 5.73 Å². The molecule has 0 saturated heterocycles. The maximum absolute atomic E-state index is 10.1. The van der Waals surface area contributed by atoms with Crippen molar-refractivity contribution in [1.29, 1.82) is 0 Å². The molecular weight excluding hydrogens is 212 g/mol. The Morgan fingerprint density at radius 2 is 2.06 bits per heavy atom. The molecule has 0 bridgehead atoms. The zero-order valence-corrected chi connectivity index (χ0v) is 10.2. The number of aryl methyl sites for hydroxylation is 1. The number of nitrogens with zero attached hydrogens (tertiary/aromatic N) is 1.